The lowest BCUT2D eigenvalue weighted by atomic mass is 9.75. The van der Waals surface area contributed by atoms with E-state index < -0.39 is 9.84 Å². The van der Waals surface area contributed by atoms with Crippen molar-refractivity contribution in [2.75, 3.05) is 25.2 Å². The highest BCUT2D eigenvalue weighted by molar-refractivity contribution is 7.90. The average Bonchev–Trinajstić information content (AvgIpc) is 2.99. The van der Waals surface area contributed by atoms with Crippen LogP contribution in [0.2, 0.25) is 0 Å². The Morgan fingerprint density at radius 2 is 2.12 bits per heavy atom. The van der Waals surface area contributed by atoms with Gasteiger partial charge in [-0.15, -0.1) is 0 Å². The molecule has 1 aliphatic heterocycles. The predicted molar refractivity (Wildman–Crippen MR) is 67.5 cm³/mol. The maximum absolute atomic E-state index is 11.2. The predicted octanol–water partition coefficient (Wildman–Crippen LogP) is 0.955. The minimum Gasteiger partial charge on any atom is -0.377 e. The quantitative estimate of drug-likeness (QED) is 0.773. The van der Waals surface area contributed by atoms with E-state index in [4.69, 9.17) is 10.5 Å². The van der Waals surface area contributed by atoms with E-state index in [-0.39, 0.29) is 17.3 Å². The van der Waals surface area contributed by atoms with E-state index in [1.807, 2.05) is 0 Å². The van der Waals surface area contributed by atoms with Crippen LogP contribution in [-0.2, 0) is 14.6 Å². The van der Waals surface area contributed by atoms with Gasteiger partial charge in [-0.25, -0.2) is 8.42 Å². The molecule has 0 amide bonds. The normalized spacial score (nSPS) is 34.1. The minimum absolute atomic E-state index is 0.0475. The van der Waals surface area contributed by atoms with E-state index in [1.54, 1.807) is 0 Å². The molecule has 2 unspecified atom stereocenters. The summed E-state index contributed by atoms with van der Waals surface area (Å²) in [6.45, 7) is 1.41. The van der Waals surface area contributed by atoms with E-state index in [0.29, 0.717) is 18.9 Å². The van der Waals surface area contributed by atoms with Crippen molar-refractivity contribution in [2.24, 2.45) is 17.1 Å². The number of hydrogen-bond donors (Lipinski definition) is 1. The van der Waals surface area contributed by atoms with Crippen molar-refractivity contribution in [1.29, 1.82) is 0 Å². The van der Waals surface area contributed by atoms with Crippen molar-refractivity contribution in [3.05, 3.63) is 0 Å². The molecule has 0 aromatic carbocycles. The number of hydrogen-bond acceptors (Lipinski definition) is 4. The Balaban J connectivity index is 1.94. The van der Waals surface area contributed by atoms with Gasteiger partial charge in [0.25, 0.3) is 0 Å². The van der Waals surface area contributed by atoms with Crippen LogP contribution in [0, 0.1) is 11.3 Å². The molecule has 2 atom stereocenters. The summed E-state index contributed by atoms with van der Waals surface area (Å²) in [6, 6.07) is 0. The maximum Gasteiger partial charge on any atom is 0.147 e. The van der Waals surface area contributed by atoms with Gasteiger partial charge in [-0.3, -0.25) is 0 Å². The van der Waals surface area contributed by atoms with E-state index in [2.05, 4.69) is 0 Å². The maximum atomic E-state index is 11.2. The van der Waals surface area contributed by atoms with Gasteiger partial charge < -0.3 is 10.5 Å². The molecule has 0 radical (unpaired) electrons. The molecular formula is C12H23NO3S. The summed E-state index contributed by atoms with van der Waals surface area (Å²) in [5, 5.41) is 0. The van der Waals surface area contributed by atoms with Gasteiger partial charge in [-0.05, 0) is 38.0 Å². The largest absolute Gasteiger partial charge is 0.377 e. The van der Waals surface area contributed by atoms with Crippen molar-refractivity contribution >= 4 is 9.84 Å². The molecule has 4 nitrogen and oxygen atoms in total. The molecule has 2 aliphatic rings. The van der Waals surface area contributed by atoms with Crippen LogP contribution in [0.4, 0.5) is 0 Å². The van der Waals surface area contributed by atoms with Crippen molar-refractivity contribution < 1.29 is 13.2 Å². The monoisotopic (exact) mass is 261 g/mol. The second-order valence-corrected chi connectivity index (χ2v) is 7.94. The Hall–Kier alpha value is -0.130. The van der Waals surface area contributed by atoms with Crippen LogP contribution < -0.4 is 5.73 Å². The van der Waals surface area contributed by atoms with Gasteiger partial charge in [0, 0.05) is 30.6 Å². The Morgan fingerprint density at radius 1 is 1.41 bits per heavy atom. The number of sulfone groups is 1. The van der Waals surface area contributed by atoms with Crippen molar-refractivity contribution in [2.45, 2.75) is 38.2 Å². The first-order valence-electron chi connectivity index (χ1n) is 6.46. The third kappa shape index (κ3) is 3.20. The second-order valence-electron chi connectivity index (χ2n) is 5.68. The summed E-state index contributed by atoms with van der Waals surface area (Å²) in [5.74, 6) is 0.950. The first kappa shape index (κ1) is 13.3. The zero-order valence-corrected chi connectivity index (χ0v) is 11.3. The SMILES string of the molecule is CS(=O)(=O)CCCC1(CN)CCOC1C1CC1. The fourth-order valence-corrected chi connectivity index (χ4v) is 3.69. The van der Waals surface area contributed by atoms with Gasteiger partial charge in [-0.2, -0.15) is 0 Å². The third-order valence-corrected chi connectivity index (χ3v) is 5.18. The smallest absolute Gasteiger partial charge is 0.147 e. The van der Waals surface area contributed by atoms with Crippen LogP contribution in [0.15, 0.2) is 0 Å². The molecule has 17 heavy (non-hydrogen) atoms. The molecule has 2 rings (SSSR count). The highest BCUT2D eigenvalue weighted by atomic mass is 32.2. The highest BCUT2D eigenvalue weighted by Crippen LogP contribution is 2.49. The van der Waals surface area contributed by atoms with Crippen LogP contribution in [-0.4, -0.2) is 39.7 Å². The lowest BCUT2D eigenvalue weighted by Crippen LogP contribution is -2.40. The lowest BCUT2D eigenvalue weighted by Gasteiger charge is -2.33. The summed E-state index contributed by atoms with van der Waals surface area (Å²) >= 11 is 0. The Morgan fingerprint density at radius 3 is 2.65 bits per heavy atom. The number of rotatable bonds is 6. The third-order valence-electron chi connectivity index (χ3n) is 4.15. The summed E-state index contributed by atoms with van der Waals surface area (Å²) in [6.07, 6.45) is 6.67. The van der Waals surface area contributed by atoms with Gasteiger partial charge in [0.15, 0.2) is 0 Å². The van der Waals surface area contributed by atoms with Crippen LogP contribution in [0.3, 0.4) is 0 Å². The zero-order valence-electron chi connectivity index (χ0n) is 10.5. The molecule has 0 aromatic rings. The fourth-order valence-electron chi connectivity index (χ4n) is 3.02. The summed E-state index contributed by atoms with van der Waals surface area (Å²) < 4.78 is 28.2. The molecule has 1 saturated heterocycles. The van der Waals surface area contributed by atoms with E-state index in [1.165, 1.54) is 19.1 Å². The Bertz CT molecular complexity index is 364. The van der Waals surface area contributed by atoms with Crippen LogP contribution >= 0.6 is 0 Å². The molecule has 1 saturated carbocycles. The van der Waals surface area contributed by atoms with Crippen molar-refractivity contribution in [1.82, 2.24) is 0 Å². The van der Waals surface area contributed by atoms with E-state index in [9.17, 15) is 8.42 Å². The van der Waals surface area contributed by atoms with E-state index >= 15 is 0 Å². The summed E-state index contributed by atoms with van der Waals surface area (Å²) in [7, 11) is -2.85. The first-order valence-corrected chi connectivity index (χ1v) is 8.52. The van der Waals surface area contributed by atoms with Crippen LogP contribution in [0.25, 0.3) is 0 Å². The van der Waals surface area contributed by atoms with Crippen molar-refractivity contribution in [3.8, 4) is 0 Å². The van der Waals surface area contributed by atoms with Crippen LogP contribution in [0.1, 0.15) is 32.1 Å². The fraction of sp³-hybridized carbons (Fsp3) is 1.00. The Labute approximate surface area is 104 Å². The zero-order chi connectivity index (χ0) is 12.5. The molecule has 0 spiro atoms. The standard InChI is InChI=1S/C12H23NO3S/c1-17(14,15)8-2-5-12(9-13)6-7-16-11(12)10-3-4-10/h10-11H,2-9,13H2,1H3. The number of ether oxygens (including phenoxy) is 1. The second kappa shape index (κ2) is 4.86. The molecule has 0 bridgehead atoms. The van der Waals surface area contributed by atoms with Gasteiger partial charge in [0.05, 0.1) is 6.10 Å². The molecule has 2 fully saturated rings. The number of nitrogens with two attached hydrogens (primary N) is 1. The van der Waals surface area contributed by atoms with Crippen molar-refractivity contribution in [3.63, 3.8) is 0 Å². The highest BCUT2D eigenvalue weighted by Gasteiger charge is 2.49. The first-order chi connectivity index (χ1) is 7.97. The van der Waals surface area contributed by atoms with Gasteiger partial charge in [0.2, 0.25) is 0 Å². The molecule has 100 valence electrons. The summed E-state index contributed by atoms with van der Waals surface area (Å²) in [4.78, 5) is 0. The average molecular weight is 261 g/mol. The molecule has 0 aromatic heterocycles. The molecule has 1 heterocycles. The topological polar surface area (TPSA) is 69.4 Å². The summed E-state index contributed by atoms with van der Waals surface area (Å²) in [5.41, 5.74) is 5.99. The molecule has 2 N–H and O–H groups in total. The van der Waals surface area contributed by atoms with Gasteiger partial charge >= 0.3 is 0 Å². The van der Waals surface area contributed by atoms with E-state index in [0.717, 1.165) is 19.4 Å². The van der Waals surface area contributed by atoms with Gasteiger partial charge in [0.1, 0.15) is 9.84 Å². The molecule has 1 aliphatic carbocycles. The van der Waals surface area contributed by atoms with Gasteiger partial charge in [-0.1, -0.05) is 0 Å². The lowest BCUT2D eigenvalue weighted by molar-refractivity contribution is 0.0303. The molecular weight excluding hydrogens is 238 g/mol. The Kier molecular flexibility index (Phi) is 3.80. The minimum atomic E-state index is -2.85. The van der Waals surface area contributed by atoms with Crippen LogP contribution in [0.5, 0.6) is 0 Å². The molecule has 5 heteroatoms.